The lowest BCUT2D eigenvalue weighted by Crippen LogP contribution is -2.50. The summed E-state index contributed by atoms with van der Waals surface area (Å²) in [6, 6.07) is 5.61. The number of rotatable bonds is 4. The van der Waals surface area contributed by atoms with Gasteiger partial charge in [-0.15, -0.1) is 0 Å². The second-order valence-electron chi connectivity index (χ2n) is 5.80. The number of ether oxygens (including phenoxy) is 1. The highest BCUT2D eigenvalue weighted by molar-refractivity contribution is 6.04. The predicted octanol–water partition coefficient (Wildman–Crippen LogP) is 0.147. The molecule has 0 radical (unpaired) electrons. The van der Waals surface area contributed by atoms with Crippen molar-refractivity contribution in [3.63, 3.8) is 0 Å². The number of halogens is 1. The Bertz CT molecular complexity index is 633. The van der Waals surface area contributed by atoms with Gasteiger partial charge >= 0.3 is 6.03 Å². The van der Waals surface area contributed by atoms with Gasteiger partial charge in [-0.2, -0.15) is 0 Å². The Balaban J connectivity index is 1.56. The van der Waals surface area contributed by atoms with Gasteiger partial charge in [0.1, 0.15) is 12.4 Å². The largest absolute Gasteiger partial charge is 0.374 e. The first-order chi connectivity index (χ1) is 11.5. The summed E-state index contributed by atoms with van der Waals surface area (Å²) in [5.41, 5.74) is 0.921. The third kappa shape index (κ3) is 3.70. The standard InChI is InChI=1S/C16H18FN3O4/c17-12-3-1-11(2-4-12)7-13-9-19(5-6-24-13)15(22)10-20-14(21)8-18-16(20)23/h1-4,13H,5-10H2,(H,18,23). The number of amides is 4. The van der Waals surface area contributed by atoms with Crippen LogP contribution >= 0.6 is 0 Å². The van der Waals surface area contributed by atoms with Gasteiger partial charge in [-0.05, 0) is 17.7 Å². The Morgan fingerprint density at radius 1 is 1.29 bits per heavy atom. The average molecular weight is 335 g/mol. The summed E-state index contributed by atoms with van der Waals surface area (Å²) in [4.78, 5) is 37.9. The van der Waals surface area contributed by atoms with E-state index in [-0.39, 0.29) is 30.9 Å². The van der Waals surface area contributed by atoms with Crippen LogP contribution in [0.3, 0.4) is 0 Å². The lowest BCUT2D eigenvalue weighted by Gasteiger charge is -2.33. The topological polar surface area (TPSA) is 79.0 Å². The highest BCUT2D eigenvalue weighted by Gasteiger charge is 2.33. The molecule has 0 aromatic heterocycles. The minimum Gasteiger partial charge on any atom is -0.374 e. The second-order valence-corrected chi connectivity index (χ2v) is 5.80. The number of nitrogens with one attached hydrogen (secondary N) is 1. The third-order valence-corrected chi connectivity index (χ3v) is 4.10. The van der Waals surface area contributed by atoms with E-state index in [0.29, 0.717) is 26.1 Å². The molecule has 128 valence electrons. The zero-order valence-corrected chi connectivity index (χ0v) is 13.0. The number of nitrogens with zero attached hydrogens (tertiary/aromatic N) is 2. The van der Waals surface area contributed by atoms with E-state index in [0.717, 1.165) is 10.5 Å². The first-order valence-corrected chi connectivity index (χ1v) is 7.75. The van der Waals surface area contributed by atoms with Gasteiger partial charge in [-0.25, -0.2) is 9.18 Å². The molecule has 24 heavy (non-hydrogen) atoms. The molecule has 0 spiro atoms. The van der Waals surface area contributed by atoms with Crippen molar-refractivity contribution >= 4 is 17.8 Å². The third-order valence-electron chi connectivity index (χ3n) is 4.10. The van der Waals surface area contributed by atoms with Crippen LogP contribution in [-0.4, -0.2) is 66.5 Å². The Labute approximate surface area is 138 Å². The molecular formula is C16H18FN3O4. The van der Waals surface area contributed by atoms with Gasteiger partial charge in [-0.3, -0.25) is 14.5 Å². The van der Waals surface area contributed by atoms with Crippen molar-refractivity contribution in [3.05, 3.63) is 35.6 Å². The van der Waals surface area contributed by atoms with Crippen LogP contribution in [0.5, 0.6) is 0 Å². The van der Waals surface area contributed by atoms with E-state index in [9.17, 15) is 18.8 Å². The first-order valence-electron chi connectivity index (χ1n) is 7.75. The van der Waals surface area contributed by atoms with E-state index in [1.54, 1.807) is 17.0 Å². The van der Waals surface area contributed by atoms with E-state index >= 15 is 0 Å². The average Bonchev–Trinajstić information content (AvgIpc) is 2.89. The van der Waals surface area contributed by atoms with Crippen LogP contribution < -0.4 is 5.32 Å². The predicted molar refractivity (Wildman–Crippen MR) is 81.5 cm³/mol. The van der Waals surface area contributed by atoms with Crippen molar-refractivity contribution in [2.45, 2.75) is 12.5 Å². The van der Waals surface area contributed by atoms with Crippen LogP contribution in [0.1, 0.15) is 5.56 Å². The Morgan fingerprint density at radius 2 is 2.04 bits per heavy atom. The number of imide groups is 1. The zero-order valence-electron chi connectivity index (χ0n) is 13.0. The fourth-order valence-electron chi connectivity index (χ4n) is 2.80. The van der Waals surface area contributed by atoms with Crippen LogP contribution in [-0.2, 0) is 20.7 Å². The molecule has 8 heteroatoms. The molecule has 7 nitrogen and oxygen atoms in total. The minimum atomic E-state index is -0.538. The number of urea groups is 1. The van der Waals surface area contributed by atoms with Gasteiger partial charge in [0.05, 0.1) is 19.3 Å². The summed E-state index contributed by atoms with van der Waals surface area (Å²) in [5, 5.41) is 2.39. The van der Waals surface area contributed by atoms with Crippen molar-refractivity contribution in [2.75, 3.05) is 32.8 Å². The molecule has 1 unspecified atom stereocenters. The molecule has 2 aliphatic rings. The number of benzene rings is 1. The molecule has 0 bridgehead atoms. The quantitative estimate of drug-likeness (QED) is 0.795. The monoisotopic (exact) mass is 335 g/mol. The smallest absolute Gasteiger partial charge is 0.325 e. The first kappa shape index (κ1) is 16.4. The fourth-order valence-corrected chi connectivity index (χ4v) is 2.80. The van der Waals surface area contributed by atoms with E-state index in [1.807, 2.05) is 0 Å². The van der Waals surface area contributed by atoms with Crippen molar-refractivity contribution in [3.8, 4) is 0 Å². The van der Waals surface area contributed by atoms with Gasteiger partial charge in [0.25, 0.3) is 5.91 Å². The molecule has 2 heterocycles. The van der Waals surface area contributed by atoms with Gasteiger partial charge in [0.15, 0.2) is 0 Å². The van der Waals surface area contributed by atoms with E-state index in [4.69, 9.17) is 4.74 Å². The maximum absolute atomic E-state index is 12.9. The van der Waals surface area contributed by atoms with E-state index in [2.05, 4.69) is 5.32 Å². The van der Waals surface area contributed by atoms with Gasteiger partial charge in [0, 0.05) is 19.5 Å². The molecule has 2 aliphatic heterocycles. The van der Waals surface area contributed by atoms with E-state index in [1.165, 1.54) is 12.1 Å². The van der Waals surface area contributed by atoms with Crippen LogP contribution in [0.25, 0.3) is 0 Å². The Hall–Kier alpha value is -2.48. The van der Waals surface area contributed by atoms with Crippen LogP contribution in [0.2, 0.25) is 0 Å². The lowest BCUT2D eigenvalue weighted by molar-refractivity contribution is -0.142. The molecule has 1 N–H and O–H groups in total. The molecule has 1 atom stereocenters. The summed E-state index contributed by atoms with van der Waals surface area (Å²) >= 11 is 0. The highest BCUT2D eigenvalue weighted by atomic mass is 19.1. The summed E-state index contributed by atoms with van der Waals surface area (Å²) in [5.74, 6) is -0.981. The number of carbonyl (C=O) groups excluding carboxylic acids is 3. The van der Waals surface area contributed by atoms with Crippen molar-refractivity contribution < 1.29 is 23.5 Å². The molecule has 0 aliphatic carbocycles. The van der Waals surface area contributed by atoms with Gasteiger partial charge < -0.3 is 15.0 Å². The molecular weight excluding hydrogens is 317 g/mol. The van der Waals surface area contributed by atoms with Crippen molar-refractivity contribution in [2.24, 2.45) is 0 Å². The van der Waals surface area contributed by atoms with E-state index < -0.39 is 11.9 Å². The van der Waals surface area contributed by atoms with Gasteiger partial charge in [0.2, 0.25) is 5.91 Å². The normalized spacial score (nSPS) is 21.1. The number of morpholine rings is 1. The molecule has 3 rings (SSSR count). The highest BCUT2D eigenvalue weighted by Crippen LogP contribution is 2.13. The summed E-state index contributed by atoms with van der Waals surface area (Å²) in [7, 11) is 0. The molecule has 2 saturated heterocycles. The maximum Gasteiger partial charge on any atom is 0.325 e. The molecule has 4 amide bonds. The SMILES string of the molecule is O=C(CN1C(=O)CNC1=O)N1CCOC(Cc2ccc(F)cc2)C1. The Morgan fingerprint density at radius 3 is 2.71 bits per heavy atom. The van der Waals surface area contributed by atoms with Crippen LogP contribution in [0.15, 0.2) is 24.3 Å². The van der Waals surface area contributed by atoms with Gasteiger partial charge in [-0.1, -0.05) is 12.1 Å². The van der Waals surface area contributed by atoms with Crippen LogP contribution in [0.4, 0.5) is 9.18 Å². The molecule has 2 fully saturated rings. The summed E-state index contributed by atoms with van der Waals surface area (Å²) in [6.45, 7) is 0.857. The molecule has 1 aromatic rings. The number of hydrogen-bond acceptors (Lipinski definition) is 4. The minimum absolute atomic E-state index is 0.0670. The van der Waals surface area contributed by atoms with Crippen molar-refractivity contribution in [1.29, 1.82) is 0 Å². The Kier molecular flexibility index (Phi) is 4.75. The summed E-state index contributed by atoms with van der Waals surface area (Å²) in [6.07, 6.45) is 0.365. The van der Waals surface area contributed by atoms with Crippen LogP contribution in [0, 0.1) is 5.82 Å². The molecule has 0 saturated carbocycles. The molecule has 1 aromatic carbocycles. The fraction of sp³-hybridized carbons (Fsp3) is 0.438. The second kappa shape index (κ2) is 6.96. The maximum atomic E-state index is 12.9. The zero-order chi connectivity index (χ0) is 17.1. The number of hydrogen-bond donors (Lipinski definition) is 1. The van der Waals surface area contributed by atoms with Crippen molar-refractivity contribution in [1.82, 2.24) is 15.1 Å². The lowest BCUT2D eigenvalue weighted by atomic mass is 10.1. The number of carbonyl (C=O) groups is 3. The summed E-state index contributed by atoms with van der Waals surface area (Å²) < 4.78 is 18.6.